The van der Waals surface area contributed by atoms with Crippen molar-refractivity contribution < 1.29 is 9.72 Å². The van der Waals surface area contributed by atoms with Crippen LogP contribution in [0.4, 0.5) is 11.6 Å². The number of nitrogens with two attached hydrogens (primary N) is 1. The van der Waals surface area contributed by atoms with Crippen LogP contribution in [0.15, 0.2) is 22.9 Å². The molecule has 0 fully saturated rings. The monoisotopic (exact) mass is 289 g/mol. The lowest BCUT2D eigenvalue weighted by Gasteiger charge is -2.02. The molecule has 0 aromatic carbocycles. The Morgan fingerprint density at radius 1 is 1.60 bits per heavy atom. The molecule has 0 saturated heterocycles. The molecule has 0 amide bonds. The number of fused-ring (bicyclic) bond motifs is 1. The minimum atomic E-state index is 0.223. The van der Waals surface area contributed by atoms with Crippen molar-refractivity contribution in [3.8, 4) is 5.88 Å². The van der Waals surface area contributed by atoms with Gasteiger partial charge in [0.1, 0.15) is 6.61 Å². The highest BCUT2D eigenvalue weighted by atomic mass is 32.1. The Kier molecular flexibility index (Phi) is 3.07. The van der Waals surface area contributed by atoms with Gasteiger partial charge in [-0.1, -0.05) is 5.11 Å². The second-order valence-corrected chi connectivity index (χ2v) is 4.80. The van der Waals surface area contributed by atoms with E-state index < -0.39 is 0 Å². The van der Waals surface area contributed by atoms with Crippen LogP contribution in [0.2, 0.25) is 0 Å². The SMILES string of the molecule is [N-]=[N+]=Nc1csc(COc2[nH+]c(N)nc3nc[nH]c23)c1. The van der Waals surface area contributed by atoms with Crippen molar-refractivity contribution in [2.45, 2.75) is 6.61 Å². The summed E-state index contributed by atoms with van der Waals surface area (Å²) in [5.41, 5.74) is 15.7. The summed E-state index contributed by atoms with van der Waals surface area (Å²) in [7, 11) is 0. The van der Waals surface area contributed by atoms with E-state index in [2.05, 4.69) is 30.0 Å². The van der Waals surface area contributed by atoms with Crippen molar-refractivity contribution >= 4 is 34.1 Å². The number of imidazole rings is 1. The van der Waals surface area contributed by atoms with Gasteiger partial charge in [0.2, 0.25) is 0 Å². The third-order valence-electron chi connectivity index (χ3n) is 2.47. The molecule has 20 heavy (non-hydrogen) atoms. The van der Waals surface area contributed by atoms with Gasteiger partial charge in [0, 0.05) is 20.9 Å². The number of thiophene rings is 1. The molecule has 0 unspecified atom stereocenters. The number of azide groups is 1. The number of aromatic nitrogens is 4. The number of H-pyrrole nitrogens is 2. The Hall–Kier alpha value is -2.84. The number of hydrogen-bond donors (Lipinski definition) is 2. The van der Waals surface area contributed by atoms with Crippen molar-refractivity contribution in [3.05, 3.63) is 33.1 Å². The van der Waals surface area contributed by atoms with Gasteiger partial charge in [-0.05, 0) is 16.6 Å². The van der Waals surface area contributed by atoms with Crippen molar-refractivity contribution in [3.63, 3.8) is 0 Å². The predicted molar refractivity (Wildman–Crippen MR) is 72.3 cm³/mol. The number of rotatable bonds is 4. The lowest BCUT2D eigenvalue weighted by molar-refractivity contribution is -0.380. The van der Waals surface area contributed by atoms with Crippen LogP contribution in [-0.2, 0) is 6.61 Å². The summed E-state index contributed by atoms with van der Waals surface area (Å²) >= 11 is 1.44. The number of anilines is 1. The topological polar surface area (TPSA) is 140 Å². The van der Waals surface area contributed by atoms with Crippen molar-refractivity contribution in [1.82, 2.24) is 15.0 Å². The number of nitrogens with zero attached hydrogens (tertiary/aromatic N) is 5. The van der Waals surface area contributed by atoms with Gasteiger partial charge in [-0.25, -0.2) is 9.97 Å². The molecule has 10 heteroatoms. The van der Waals surface area contributed by atoms with E-state index in [0.717, 1.165) is 4.88 Å². The molecule has 0 bridgehead atoms. The quantitative estimate of drug-likeness (QED) is 0.430. The summed E-state index contributed by atoms with van der Waals surface area (Å²) in [5, 5.41) is 5.28. The Labute approximate surface area is 116 Å². The van der Waals surface area contributed by atoms with Crippen LogP contribution < -0.4 is 15.5 Å². The highest BCUT2D eigenvalue weighted by molar-refractivity contribution is 7.10. The van der Waals surface area contributed by atoms with E-state index in [4.69, 9.17) is 16.0 Å². The van der Waals surface area contributed by atoms with Crippen LogP contribution in [0.1, 0.15) is 4.88 Å². The number of nitrogens with one attached hydrogen (secondary N) is 2. The lowest BCUT2D eigenvalue weighted by atomic mass is 10.4. The zero-order valence-corrected chi connectivity index (χ0v) is 10.9. The summed E-state index contributed by atoms with van der Waals surface area (Å²) in [5.74, 6) is 0.685. The van der Waals surface area contributed by atoms with Gasteiger partial charge in [0.05, 0.1) is 6.33 Å². The van der Waals surface area contributed by atoms with Crippen LogP contribution in [0, 0.1) is 0 Å². The van der Waals surface area contributed by atoms with Crippen molar-refractivity contribution in [2.75, 3.05) is 5.73 Å². The first kappa shape index (κ1) is 12.2. The maximum atomic E-state index is 8.36. The molecule has 3 rings (SSSR count). The molecule has 0 saturated carbocycles. The van der Waals surface area contributed by atoms with E-state index in [0.29, 0.717) is 29.3 Å². The summed E-state index contributed by atoms with van der Waals surface area (Å²) in [6.45, 7) is 0.319. The first-order chi connectivity index (χ1) is 9.76. The van der Waals surface area contributed by atoms with Crippen LogP contribution in [0.5, 0.6) is 5.88 Å². The van der Waals surface area contributed by atoms with Crippen molar-refractivity contribution in [2.24, 2.45) is 5.11 Å². The van der Waals surface area contributed by atoms with Gasteiger partial charge in [-0.15, -0.1) is 11.3 Å². The number of ether oxygens (including phenoxy) is 1. The van der Waals surface area contributed by atoms with Crippen LogP contribution in [0.25, 0.3) is 21.6 Å². The van der Waals surface area contributed by atoms with Gasteiger partial charge in [0.15, 0.2) is 5.52 Å². The average Bonchev–Trinajstić information content (AvgIpc) is 3.05. The summed E-state index contributed by atoms with van der Waals surface area (Å²) in [6, 6.07) is 1.76. The van der Waals surface area contributed by atoms with Gasteiger partial charge < -0.3 is 9.72 Å². The lowest BCUT2D eigenvalue weighted by Crippen LogP contribution is -2.17. The largest absolute Gasteiger partial charge is 0.461 e. The molecule has 3 aromatic rings. The Balaban J connectivity index is 1.82. The predicted octanol–water partition coefficient (Wildman–Crippen LogP) is 1.94. The maximum absolute atomic E-state index is 8.36. The molecule has 0 aliphatic carbocycles. The van der Waals surface area contributed by atoms with Crippen LogP contribution in [0.3, 0.4) is 0 Å². The molecule has 3 aromatic heterocycles. The Bertz CT molecular complexity index is 803. The van der Waals surface area contributed by atoms with Gasteiger partial charge in [-0.2, -0.15) is 0 Å². The zero-order chi connectivity index (χ0) is 13.9. The molecule has 3 heterocycles. The fraction of sp³-hybridized carbons (Fsp3) is 0.100. The van der Waals surface area contributed by atoms with E-state index >= 15 is 0 Å². The first-order valence-electron chi connectivity index (χ1n) is 5.53. The fourth-order valence-electron chi connectivity index (χ4n) is 1.66. The minimum absolute atomic E-state index is 0.223. The number of aromatic amines is 2. The molecule has 0 spiro atoms. The minimum Gasteiger partial charge on any atom is -0.461 e. The molecule has 0 atom stereocenters. The Morgan fingerprint density at radius 2 is 2.50 bits per heavy atom. The first-order valence-corrected chi connectivity index (χ1v) is 6.41. The second-order valence-electron chi connectivity index (χ2n) is 3.80. The molecule has 0 radical (unpaired) electrons. The highest BCUT2D eigenvalue weighted by Crippen LogP contribution is 2.24. The van der Waals surface area contributed by atoms with E-state index in [-0.39, 0.29) is 5.95 Å². The zero-order valence-electron chi connectivity index (χ0n) is 10.1. The van der Waals surface area contributed by atoms with Gasteiger partial charge in [-0.3, -0.25) is 5.73 Å². The van der Waals surface area contributed by atoms with Crippen LogP contribution >= 0.6 is 11.3 Å². The smallest absolute Gasteiger partial charge is 0.392 e. The third kappa shape index (κ3) is 2.32. The molecular formula is C10H9N8OS+. The second kappa shape index (κ2) is 5.03. The number of nitrogen functional groups attached to an aromatic ring is 1. The number of hydrogen-bond acceptors (Lipinski definition) is 6. The van der Waals surface area contributed by atoms with Gasteiger partial charge in [0.25, 0.3) is 11.5 Å². The van der Waals surface area contributed by atoms with Crippen LogP contribution in [-0.4, -0.2) is 15.0 Å². The molecule has 100 valence electrons. The average molecular weight is 289 g/mol. The molecule has 9 nitrogen and oxygen atoms in total. The molecule has 0 aliphatic rings. The van der Waals surface area contributed by atoms with E-state index in [1.807, 2.05) is 0 Å². The highest BCUT2D eigenvalue weighted by Gasteiger charge is 2.14. The molecule has 4 N–H and O–H groups in total. The van der Waals surface area contributed by atoms with E-state index in [1.54, 1.807) is 11.4 Å². The van der Waals surface area contributed by atoms with Gasteiger partial charge >= 0.3 is 5.95 Å². The summed E-state index contributed by atoms with van der Waals surface area (Å²) < 4.78 is 5.66. The summed E-state index contributed by atoms with van der Waals surface area (Å²) in [6.07, 6.45) is 1.52. The maximum Gasteiger partial charge on any atom is 0.392 e. The fourth-order valence-corrected chi connectivity index (χ4v) is 2.36. The normalized spacial score (nSPS) is 10.4. The summed E-state index contributed by atoms with van der Waals surface area (Å²) in [4.78, 5) is 17.5. The molecule has 0 aliphatic heterocycles. The molecular weight excluding hydrogens is 280 g/mol. The standard InChI is InChI=1S/C10H8N8OS/c11-10-15-8-7(13-4-14-8)9(16-10)19-2-6-1-5(3-20-6)17-18-12/h1,3-4H,2H2,(H3,11,13,14,15,16)/p+1. The Morgan fingerprint density at radius 3 is 3.35 bits per heavy atom. The van der Waals surface area contributed by atoms with Crippen molar-refractivity contribution in [1.29, 1.82) is 0 Å². The van der Waals surface area contributed by atoms with E-state index in [1.165, 1.54) is 17.7 Å². The third-order valence-corrected chi connectivity index (χ3v) is 3.37. The van der Waals surface area contributed by atoms with E-state index in [9.17, 15) is 0 Å².